The summed E-state index contributed by atoms with van der Waals surface area (Å²) in [7, 11) is 0. The fraction of sp³-hybridized carbons (Fsp3) is 0.0833. The second-order valence-corrected chi connectivity index (χ2v) is 9.49. The molecule has 0 amide bonds. The number of aryl methyl sites for hydroxylation is 1. The SMILES string of the molecule is Cc1ccccc1COc1c(I)cc(/C=C2\N=C(c3ccc([N+](=O)[O-])cc3)OC2=O)cc1I. The van der Waals surface area contributed by atoms with E-state index in [1.807, 2.05) is 30.3 Å². The predicted octanol–water partition coefficient (Wildman–Crippen LogP) is 6.04. The first kappa shape index (κ1) is 23.4. The van der Waals surface area contributed by atoms with Crippen molar-refractivity contribution in [1.82, 2.24) is 0 Å². The van der Waals surface area contributed by atoms with E-state index in [1.54, 1.807) is 6.08 Å². The molecule has 0 spiro atoms. The van der Waals surface area contributed by atoms with Crippen LogP contribution in [0.25, 0.3) is 6.08 Å². The summed E-state index contributed by atoms with van der Waals surface area (Å²) in [6.45, 7) is 2.52. The lowest BCUT2D eigenvalue weighted by Gasteiger charge is -2.13. The molecule has 1 aliphatic heterocycles. The van der Waals surface area contributed by atoms with Gasteiger partial charge in [0.2, 0.25) is 5.90 Å². The van der Waals surface area contributed by atoms with Gasteiger partial charge in [-0.05, 0) is 99.1 Å². The molecule has 1 heterocycles. The van der Waals surface area contributed by atoms with Gasteiger partial charge in [-0.2, -0.15) is 0 Å². The Bertz CT molecular complexity index is 1290. The first-order valence-electron chi connectivity index (χ1n) is 9.75. The number of ether oxygens (including phenoxy) is 2. The van der Waals surface area contributed by atoms with E-state index < -0.39 is 10.9 Å². The molecule has 0 unspecified atom stereocenters. The second-order valence-electron chi connectivity index (χ2n) is 7.17. The first-order valence-corrected chi connectivity index (χ1v) is 11.9. The van der Waals surface area contributed by atoms with Crippen molar-refractivity contribution in [3.05, 3.63) is 106 Å². The zero-order valence-corrected chi connectivity index (χ0v) is 21.6. The number of aliphatic imine (C=N–C) groups is 1. The normalized spacial score (nSPS) is 14.2. The van der Waals surface area contributed by atoms with Crippen LogP contribution in [0, 0.1) is 24.2 Å². The Balaban J connectivity index is 1.55. The largest absolute Gasteiger partial charge is 0.487 e. The van der Waals surface area contributed by atoms with E-state index in [-0.39, 0.29) is 17.3 Å². The molecule has 0 aromatic heterocycles. The molecular weight excluding hydrogens is 650 g/mol. The van der Waals surface area contributed by atoms with Crippen molar-refractivity contribution in [1.29, 1.82) is 0 Å². The van der Waals surface area contributed by atoms with Gasteiger partial charge in [-0.1, -0.05) is 24.3 Å². The molecule has 0 radical (unpaired) electrons. The molecule has 0 aliphatic carbocycles. The maximum absolute atomic E-state index is 12.3. The molecule has 166 valence electrons. The number of non-ortho nitro benzene ring substituents is 1. The molecule has 0 bridgehead atoms. The van der Waals surface area contributed by atoms with Crippen molar-refractivity contribution >= 4 is 68.8 Å². The van der Waals surface area contributed by atoms with Gasteiger partial charge in [-0.15, -0.1) is 0 Å². The molecule has 9 heteroatoms. The maximum Gasteiger partial charge on any atom is 0.363 e. The van der Waals surface area contributed by atoms with E-state index in [0.29, 0.717) is 12.2 Å². The standard InChI is InChI=1S/C24H16I2N2O5/c1-14-4-2-3-5-17(14)13-32-22-19(25)10-15(11-20(22)26)12-21-24(29)33-23(27-21)16-6-8-18(9-7-16)28(30)31/h2-12H,13H2,1H3/b21-12-. The third-order valence-corrected chi connectivity index (χ3v) is 6.51. The van der Waals surface area contributed by atoms with E-state index in [9.17, 15) is 14.9 Å². The van der Waals surface area contributed by atoms with Crippen LogP contribution in [0.5, 0.6) is 5.75 Å². The summed E-state index contributed by atoms with van der Waals surface area (Å²) in [4.78, 5) is 26.9. The number of nitro groups is 1. The third kappa shape index (κ3) is 5.41. The number of esters is 1. The van der Waals surface area contributed by atoms with Gasteiger partial charge < -0.3 is 9.47 Å². The highest BCUT2D eigenvalue weighted by molar-refractivity contribution is 14.1. The average Bonchev–Trinajstić information content (AvgIpc) is 3.14. The number of carbonyl (C=O) groups excluding carboxylic acids is 1. The second kappa shape index (κ2) is 10.00. The molecule has 3 aromatic carbocycles. The molecule has 33 heavy (non-hydrogen) atoms. The van der Waals surface area contributed by atoms with Gasteiger partial charge in [0.1, 0.15) is 12.4 Å². The van der Waals surface area contributed by atoms with Gasteiger partial charge in [0, 0.05) is 17.7 Å². The summed E-state index contributed by atoms with van der Waals surface area (Å²) in [5, 5.41) is 10.8. The van der Waals surface area contributed by atoms with Crippen LogP contribution in [0.4, 0.5) is 5.69 Å². The van der Waals surface area contributed by atoms with Gasteiger partial charge in [0.15, 0.2) is 5.70 Å². The minimum Gasteiger partial charge on any atom is -0.487 e. The Morgan fingerprint density at radius 1 is 1.09 bits per heavy atom. The maximum atomic E-state index is 12.3. The highest BCUT2D eigenvalue weighted by atomic mass is 127. The Hall–Kier alpha value is -2.80. The summed E-state index contributed by atoms with van der Waals surface area (Å²) in [6, 6.07) is 17.6. The predicted molar refractivity (Wildman–Crippen MR) is 141 cm³/mol. The average molecular weight is 666 g/mol. The van der Waals surface area contributed by atoms with Crippen LogP contribution in [0.2, 0.25) is 0 Å². The Morgan fingerprint density at radius 2 is 1.76 bits per heavy atom. The number of hydrogen-bond acceptors (Lipinski definition) is 6. The van der Waals surface area contributed by atoms with Gasteiger partial charge in [-0.3, -0.25) is 10.1 Å². The number of benzene rings is 3. The minimum atomic E-state index is -0.576. The smallest absolute Gasteiger partial charge is 0.363 e. The number of nitrogens with zero attached hydrogens (tertiary/aromatic N) is 2. The summed E-state index contributed by atoms with van der Waals surface area (Å²) in [5.41, 5.74) is 3.67. The molecule has 0 saturated heterocycles. The van der Waals surface area contributed by atoms with Crippen LogP contribution in [0.15, 0.2) is 71.4 Å². The minimum absolute atomic E-state index is 0.0478. The van der Waals surface area contributed by atoms with Crippen molar-refractivity contribution in [3.63, 3.8) is 0 Å². The van der Waals surface area contributed by atoms with Gasteiger partial charge in [0.25, 0.3) is 5.69 Å². The highest BCUT2D eigenvalue weighted by Gasteiger charge is 2.25. The van der Waals surface area contributed by atoms with E-state index in [2.05, 4.69) is 63.2 Å². The van der Waals surface area contributed by atoms with Crippen LogP contribution < -0.4 is 4.74 Å². The van der Waals surface area contributed by atoms with Crippen molar-refractivity contribution in [2.24, 2.45) is 4.99 Å². The molecule has 0 fully saturated rings. The molecule has 0 saturated carbocycles. The highest BCUT2D eigenvalue weighted by Crippen LogP contribution is 2.31. The van der Waals surface area contributed by atoms with Crippen molar-refractivity contribution in [3.8, 4) is 5.75 Å². The van der Waals surface area contributed by atoms with Crippen LogP contribution in [0.1, 0.15) is 22.3 Å². The van der Waals surface area contributed by atoms with Crippen LogP contribution in [0.3, 0.4) is 0 Å². The fourth-order valence-corrected chi connectivity index (χ4v) is 5.27. The monoisotopic (exact) mass is 666 g/mol. The molecule has 1 aliphatic rings. The van der Waals surface area contributed by atoms with Crippen molar-refractivity contribution in [2.45, 2.75) is 13.5 Å². The summed E-state index contributed by atoms with van der Waals surface area (Å²) in [6.07, 6.45) is 1.65. The summed E-state index contributed by atoms with van der Waals surface area (Å²) < 4.78 is 13.2. The van der Waals surface area contributed by atoms with E-state index >= 15 is 0 Å². The third-order valence-electron chi connectivity index (χ3n) is 4.90. The summed E-state index contributed by atoms with van der Waals surface area (Å²) in [5.74, 6) is 0.322. The number of halogens is 2. The van der Waals surface area contributed by atoms with Gasteiger partial charge in [-0.25, -0.2) is 9.79 Å². The van der Waals surface area contributed by atoms with Gasteiger partial charge >= 0.3 is 5.97 Å². The zero-order valence-electron chi connectivity index (χ0n) is 17.2. The van der Waals surface area contributed by atoms with E-state index in [1.165, 1.54) is 29.8 Å². The first-order chi connectivity index (χ1) is 15.8. The van der Waals surface area contributed by atoms with E-state index in [4.69, 9.17) is 9.47 Å². The molecule has 0 N–H and O–H groups in total. The Kier molecular flexibility index (Phi) is 7.08. The number of nitro benzene ring substituents is 1. The Morgan fingerprint density at radius 3 is 2.39 bits per heavy atom. The number of rotatable bonds is 6. The molecule has 7 nitrogen and oxygen atoms in total. The fourth-order valence-electron chi connectivity index (χ4n) is 3.14. The topological polar surface area (TPSA) is 91.0 Å². The Labute approximate surface area is 217 Å². The number of cyclic esters (lactones) is 1. The number of carbonyl (C=O) groups is 1. The van der Waals surface area contributed by atoms with Gasteiger partial charge in [0.05, 0.1) is 12.1 Å². The van der Waals surface area contributed by atoms with Crippen molar-refractivity contribution < 1.29 is 19.2 Å². The lowest BCUT2D eigenvalue weighted by molar-refractivity contribution is -0.384. The van der Waals surface area contributed by atoms with Crippen molar-refractivity contribution in [2.75, 3.05) is 0 Å². The van der Waals surface area contributed by atoms with E-state index in [0.717, 1.165) is 24.0 Å². The summed E-state index contributed by atoms with van der Waals surface area (Å²) >= 11 is 4.42. The van der Waals surface area contributed by atoms with Crippen LogP contribution in [-0.2, 0) is 16.1 Å². The van der Waals surface area contributed by atoms with Crippen LogP contribution in [-0.4, -0.2) is 16.8 Å². The molecular formula is C24H16I2N2O5. The quantitative estimate of drug-likeness (QED) is 0.105. The zero-order chi connectivity index (χ0) is 23.5. The van der Waals surface area contributed by atoms with Crippen LogP contribution >= 0.6 is 45.2 Å². The number of hydrogen-bond donors (Lipinski definition) is 0. The molecule has 4 rings (SSSR count). The molecule has 3 aromatic rings. The lowest BCUT2D eigenvalue weighted by Crippen LogP contribution is -2.05. The molecule has 0 atom stereocenters. The lowest BCUT2D eigenvalue weighted by atomic mass is 10.1.